The zero-order valence-corrected chi connectivity index (χ0v) is 15.3. The molecule has 2 unspecified atom stereocenters. The summed E-state index contributed by atoms with van der Waals surface area (Å²) in [4.78, 5) is 1.30. The minimum atomic E-state index is 0.143. The Balaban J connectivity index is 1.78. The molecule has 2 heterocycles. The largest absolute Gasteiger partial charge is 0.375 e. The van der Waals surface area contributed by atoms with E-state index in [4.69, 9.17) is 10.6 Å². The molecular formula is C14H20Br2N2OS. The third-order valence-corrected chi connectivity index (χ3v) is 8.01. The topological polar surface area (TPSA) is 47.3 Å². The van der Waals surface area contributed by atoms with E-state index >= 15 is 0 Å². The highest BCUT2D eigenvalue weighted by molar-refractivity contribution is 9.13. The molecule has 2 aliphatic rings. The normalized spacial score (nSPS) is 27.1. The standard InChI is InChI=1S/C14H20Br2N2OS/c15-10-7-11(20-13(10)16)12(18-17)9-3-6-19-14(8-9)4-1-2-5-14/h7,9,12,18H,1-6,8,17H2. The molecule has 3 rings (SSSR count). The fourth-order valence-electron chi connectivity index (χ4n) is 3.69. The summed E-state index contributed by atoms with van der Waals surface area (Å²) >= 11 is 8.90. The first kappa shape index (κ1) is 15.4. The van der Waals surface area contributed by atoms with Gasteiger partial charge in [0.1, 0.15) is 0 Å². The summed E-state index contributed by atoms with van der Waals surface area (Å²) in [6.07, 6.45) is 7.28. The molecule has 1 aromatic rings. The summed E-state index contributed by atoms with van der Waals surface area (Å²) in [5.74, 6) is 6.43. The second-order valence-electron chi connectivity index (χ2n) is 5.91. The van der Waals surface area contributed by atoms with Crippen molar-refractivity contribution in [2.75, 3.05) is 6.61 Å². The average molecular weight is 424 g/mol. The van der Waals surface area contributed by atoms with E-state index in [1.807, 2.05) is 0 Å². The molecule has 2 atom stereocenters. The van der Waals surface area contributed by atoms with Crippen LogP contribution in [0.15, 0.2) is 14.3 Å². The van der Waals surface area contributed by atoms with Crippen LogP contribution in [0.3, 0.4) is 0 Å². The minimum Gasteiger partial charge on any atom is -0.375 e. The minimum absolute atomic E-state index is 0.143. The molecule has 0 bridgehead atoms. The van der Waals surface area contributed by atoms with Gasteiger partial charge in [0.2, 0.25) is 0 Å². The number of halogens is 2. The number of ether oxygens (including phenoxy) is 1. The van der Waals surface area contributed by atoms with Gasteiger partial charge >= 0.3 is 0 Å². The Morgan fingerprint density at radius 2 is 2.15 bits per heavy atom. The molecular weight excluding hydrogens is 404 g/mol. The Labute approximate surface area is 140 Å². The summed E-state index contributed by atoms with van der Waals surface area (Å²) in [6.45, 7) is 0.872. The van der Waals surface area contributed by atoms with Crippen molar-refractivity contribution in [2.45, 2.75) is 50.2 Å². The first-order chi connectivity index (χ1) is 9.63. The molecule has 0 aromatic carbocycles. The van der Waals surface area contributed by atoms with Crippen LogP contribution < -0.4 is 11.3 Å². The Morgan fingerprint density at radius 3 is 2.75 bits per heavy atom. The Morgan fingerprint density at radius 1 is 1.40 bits per heavy atom. The maximum absolute atomic E-state index is 6.13. The summed E-state index contributed by atoms with van der Waals surface area (Å²) < 4.78 is 8.38. The fraction of sp³-hybridized carbons (Fsp3) is 0.714. The molecule has 1 aliphatic carbocycles. The average Bonchev–Trinajstić information content (AvgIpc) is 2.99. The lowest BCUT2D eigenvalue weighted by Gasteiger charge is -2.41. The maximum atomic E-state index is 6.13. The highest BCUT2D eigenvalue weighted by Crippen LogP contribution is 2.47. The van der Waals surface area contributed by atoms with Gasteiger partial charge in [0.05, 0.1) is 15.4 Å². The maximum Gasteiger partial charge on any atom is 0.0843 e. The van der Waals surface area contributed by atoms with Crippen molar-refractivity contribution in [2.24, 2.45) is 11.8 Å². The van der Waals surface area contributed by atoms with Crippen LogP contribution in [0.2, 0.25) is 0 Å². The lowest BCUT2D eigenvalue weighted by Crippen LogP contribution is -2.43. The van der Waals surface area contributed by atoms with E-state index in [1.54, 1.807) is 11.3 Å². The molecule has 0 amide bonds. The van der Waals surface area contributed by atoms with Gasteiger partial charge in [0.15, 0.2) is 0 Å². The molecule has 1 spiro atoms. The first-order valence-electron chi connectivity index (χ1n) is 7.18. The predicted octanol–water partition coefficient (Wildman–Crippen LogP) is 4.52. The molecule has 6 heteroatoms. The van der Waals surface area contributed by atoms with Crippen molar-refractivity contribution in [3.63, 3.8) is 0 Å². The van der Waals surface area contributed by atoms with Crippen molar-refractivity contribution >= 4 is 43.2 Å². The predicted molar refractivity (Wildman–Crippen MR) is 89.7 cm³/mol. The number of hydrazine groups is 1. The van der Waals surface area contributed by atoms with Gasteiger partial charge in [0.25, 0.3) is 0 Å². The van der Waals surface area contributed by atoms with E-state index in [9.17, 15) is 0 Å². The van der Waals surface area contributed by atoms with Crippen LogP contribution in [-0.4, -0.2) is 12.2 Å². The number of thiophene rings is 1. The number of rotatable bonds is 3. The summed E-state index contributed by atoms with van der Waals surface area (Å²) in [6, 6.07) is 2.40. The molecule has 2 fully saturated rings. The lowest BCUT2D eigenvalue weighted by molar-refractivity contribution is -0.0980. The van der Waals surface area contributed by atoms with Crippen LogP contribution >= 0.6 is 43.2 Å². The van der Waals surface area contributed by atoms with Crippen molar-refractivity contribution in [3.05, 3.63) is 19.2 Å². The van der Waals surface area contributed by atoms with Crippen molar-refractivity contribution < 1.29 is 4.74 Å². The van der Waals surface area contributed by atoms with Crippen LogP contribution in [-0.2, 0) is 4.74 Å². The van der Waals surface area contributed by atoms with Crippen molar-refractivity contribution in [1.82, 2.24) is 5.43 Å². The first-order valence-corrected chi connectivity index (χ1v) is 9.59. The van der Waals surface area contributed by atoms with Gasteiger partial charge in [0, 0.05) is 16.0 Å². The van der Waals surface area contributed by atoms with E-state index in [0.29, 0.717) is 5.92 Å². The fourth-order valence-corrected chi connectivity index (χ4v) is 5.93. The van der Waals surface area contributed by atoms with Crippen molar-refractivity contribution in [3.8, 4) is 0 Å². The number of hydrogen-bond acceptors (Lipinski definition) is 4. The van der Waals surface area contributed by atoms with Crippen LogP contribution in [0.25, 0.3) is 0 Å². The zero-order valence-electron chi connectivity index (χ0n) is 11.3. The number of nitrogens with two attached hydrogens (primary N) is 1. The Hall–Kier alpha value is 0.540. The molecule has 1 saturated carbocycles. The molecule has 1 aliphatic heterocycles. The second-order valence-corrected chi connectivity index (χ2v) is 9.16. The van der Waals surface area contributed by atoms with Crippen LogP contribution in [0.5, 0.6) is 0 Å². The van der Waals surface area contributed by atoms with Gasteiger partial charge in [-0.3, -0.25) is 11.3 Å². The third kappa shape index (κ3) is 3.01. The summed E-state index contributed by atoms with van der Waals surface area (Å²) in [7, 11) is 0. The van der Waals surface area contributed by atoms with Crippen LogP contribution in [0.1, 0.15) is 49.4 Å². The summed E-state index contributed by atoms with van der Waals surface area (Å²) in [5.41, 5.74) is 3.19. The van der Waals surface area contributed by atoms with Gasteiger partial charge in [-0.25, -0.2) is 0 Å². The second kappa shape index (κ2) is 6.34. The highest BCUT2D eigenvalue weighted by Gasteiger charge is 2.42. The molecule has 20 heavy (non-hydrogen) atoms. The quantitative estimate of drug-likeness (QED) is 0.555. The van der Waals surface area contributed by atoms with E-state index < -0.39 is 0 Å². The van der Waals surface area contributed by atoms with E-state index in [-0.39, 0.29) is 11.6 Å². The third-order valence-electron chi connectivity index (χ3n) is 4.67. The molecule has 3 N–H and O–H groups in total. The highest BCUT2D eigenvalue weighted by atomic mass is 79.9. The smallest absolute Gasteiger partial charge is 0.0843 e. The van der Waals surface area contributed by atoms with E-state index in [0.717, 1.165) is 27.7 Å². The summed E-state index contributed by atoms with van der Waals surface area (Å²) in [5, 5.41) is 0. The van der Waals surface area contributed by atoms with E-state index in [1.165, 1.54) is 30.6 Å². The number of nitrogens with one attached hydrogen (secondary N) is 1. The van der Waals surface area contributed by atoms with Gasteiger partial charge in [-0.1, -0.05) is 12.8 Å². The molecule has 3 nitrogen and oxygen atoms in total. The van der Waals surface area contributed by atoms with E-state index in [2.05, 4.69) is 43.4 Å². The Kier molecular flexibility index (Phi) is 4.90. The Bertz CT molecular complexity index is 454. The van der Waals surface area contributed by atoms with Gasteiger partial charge in [-0.2, -0.15) is 0 Å². The van der Waals surface area contributed by atoms with Crippen LogP contribution in [0.4, 0.5) is 0 Å². The molecule has 1 saturated heterocycles. The monoisotopic (exact) mass is 422 g/mol. The molecule has 1 aromatic heterocycles. The molecule has 0 radical (unpaired) electrons. The lowest BCUT2D eigenvalue weighted by atomic mass is 9.80. The number of hydrogen-bond donors (Lipinski definition) is 2. The SMILES string of the molecule is NNC(c1cc(Br)c(Br)s1)C1CCOC2(CCCC2)C1. The van der Waals surface area contributed by atoms with Crippen molar-refractivity contribution in [1.29, 1.82) is 0 Å². The zero-order chi connectivity index (χ0) is 14.2. The van der Waals surface area contributed by atoms with Crippen LogP contribution in [0, 0.1) is 5.92 Å². The van der Waals surface area contributed by atoms with Gasteiger partial charge in [-0.15, -0.1) is 11.3 Å². The molecule has 112 valence electrons. The van der Waals surface area contributed by atoms with Gasteiger partial charge in [-0.05, 0) is 69.5 Å². The van der Waals surface area contributed by atoms with Gasteiger partial charge < -0.3 is 4.74 Å².